The molecule has 0 aliphatic rings. The van der Waals surface area contributed by atoms with Crippen molar-refractivity contribution in [2.24, 2.45) is 5.92 Å². The highest BCUT2D eigenvalue weighted by Crippen LogP contribution is 2.18. The van der Waals surface area contributed by atoms with E-state index >= 15 is 0 Å². The average Bonchev–Trinajstić information content (AvgIpc) is 2.60. The van der Waals surface area contributed by atoms with Crippen molar-refractivity contribution in [3.05, 3.63) is 65.5 Å². The lowest BCUT2D eigenvalue weighted by Gasteiger charge is -2.17. The summed E-state index contributed by atoms with van der Waals surface area (Å²) in [5, 5.41) is 11.8. The number of nitrogens with one attached hydrogen (secondary N) is 1. The van der Waals surface area contributed by atoms with Crippen LogP contribution in [0.2, 0.25) is 0 Å². The van der Waals surface area contributed by atoms with Gasteiger partial charge < -0.3 is 15.2 Å². The van der Waals surface area contributed by atoms with Crippen LogP contribution in [-0.2, 0) is 16.0 Å². The first-order chi connectivity index (χ1) is 12.8. The number of carboxylic acids is 1. The molecular weight excluding hydrogens is 349 g/mol. The fourth-order valence-electron chi connectivity index (χ4n) is 2.52. The lowest BCUT2D eigenvalue weighted by molar-refractivity contribution is -0.137. The third-order valence-electron chi connectivity index (χ3n) is 3.86. The molecule has 0 saturated carbocycles. The molecule has 0 spiro atoms. The zero-order chi connectivity index (χ0) is 19.8. The summed E-state index contributed by atoms with van der Waals surface area (Å²) in [5.74, 6) is -0.604. The topological polar surface area (TPSA) is 75.6 Å². The van der Waals surface area contributed by atoms with E-state index in [1.807, 2.05) is 0 Å². The number of carboxylic acid groups (broad SMARTS) is 1. The maximum absolute atomic E-state index is 13.1. The van der Waals surface area contributed by atoms with Crippen molar-refractivity contribution in [2.45, 2.75) is 32.7 Å². The molecule has 1 atom stereocenters. The van der Waals surface area contributed by atoms with Crippen molar-refractivity contribution in [3.8, 4) is 5.75 Å². The van der Waals surface area contributed by atoms with Gasteiger partial charge in [-0.1, -0.05) is 38.1 Å². The van der Waals surface area contributed by atoms with Gasteiger partial charge in [0.2, 0.25) is 5.91 Å². The van der Waals surface area contributed by atoms with Crippen molar-refractivity contribution in [3.63, 3.8) is 0 Å². The van der Waals surface area contributed by atoms with E-state index in [1.54, 1.807) is 24.3 Å². The molecule has 0 aromatic heterocycles. The summed E-state index contributed by atoms with van der Waals surface area (Å²) in [4.78, 5) is 23.4. The third-order valence-corrected chi connectivity index (χ3v) is 3.86. The van der Waals surface area contributed by atoms with E-state index in [9.17, 15) is 14.0 Å². The SMILES string of the molecule is CC(C)COc1ccc(CC(=O)NC(CC(=O)O)c2ccc(F)cc2)cc1. The summed E-state index contributed by atoms with van der Waals surface area (Å²) in [6, 6.07) is 11.9. The molecule has 0 aliphatic carbocycles. The number of halogens is 1. The Morgan fingerprint density at radius 1 is 1.07 bits per heavy atom. The minimum atomic E-state index is -1.05. The number of hydrogen-bond donors (Lipinski definition) is 2. The molecule has 0 heterocycles. The zero-order valence-electron chi connectivity index (χ0n) is 15.4. The molecule has 0 aliphatic heterocycles. The Hall–Kier alpha value is -2.89. The molecule has 2 aromatic rings. The molecule has 27 heavy (non-hydrogen) atoms. The van der Waals surface area contributed by atoms with Crippen LogP contribution in [0.3, 0.4) is 0 Å². The number of benzene rings is 2. The third kappa shape index (κ3) is 7.09. The Balaban J connectivity index is 1.98. The van der Waals surface area contributed by atoms with Gasteiger partial charge in [0.1, 0.15) is 11.6 Å². The standard InChI is InChI=1S/C21H24FNO4/c1-14(2)13-27-18-9-3-15(4-10-18)11-20(24)23-19(12-21(25)26)16-5-7-17(22)8-6-16/h3-10,14,19H,11-13H2,1-2H3,(H,23,24)(H,25,26). The van der Waals surface area contributed by atoms with Crippen molar-refractivity contribution in [1.29, 1.82) is 0 Å². The minimum absolute atomic E-state index is 0.113. The smallest absolute Gasteiger partial charge is 0.305 e. The fourth-order valence-corrected chi connectivity index (χ4v) is 2.52. The van der Waals surface area contributed by atoms with Gasteiger partial charge in [-0.25, -0.2) is 4.39 Å². The molecule has 2 N–H and O–H groups in total. The number of hydrogen-bond acceptors (Lipinski definition) is 3. The normalized spacial score (nSPS) is 11.9. The second-order valence-corrected chi connectivity index (χ2v) is 6.80. The first kappa shape index (κ1) is 20.4. The molecule has 1 amide bonds. The predicted molar refractivity (Wildman–Crippen MR) is 100 cm³/mol. The van der Waals surface area contributed by atoms with Crippen molar-refractivity contribution >= 4 is 11.9 Å². The molecular formula is C21H24FNO4. The van der Waals surface area contributed by atoms with Gasteiger partial charge >= 0.3 is 5.97 Å². The largest absolute Gasteiger partial charge is 0.493 e. The maximum Gasteiger partial charge on any atom is 0.305 e. The number of aliphatic carboxylic acids is 1. The van der Waals surface area contributed by atoms with E-state index in [0.29, 0.717) is 18.1 Å². The lowest BCUT2D eigenvalue weighted by Crippen LogP contribution is -2.31. The molecule has 144 valence electrons. The zero-order valence-corrected chi connectivity index (χ0v) is 15.4. The fraction of sp³-hybridized carbons (Fsp3) is 0.333. The first-order valence-corrected chi connectivity index (χ1v) is 8.82. The second kappa shape index (κ2) is 9.71. The summed E-state index contributed by atoms with van der Waals surface area (Å²) in [7, 11) is 0. The molecule has 0 bridgehead atoms. The van der Waals surface area contributed by atoms with E-state index in [0.717, 1.165) is 11.3 Å². The molecule has 2 rings (SSSR count). The number of amides is 1. The summed E-state index contributed by atoms with van der Waals surface area (Å²) in [6.07, 6.45) is -0.166. The number of rotatable bonds is 9. The molecule has 0 radical (unpaired) electrons. The lowest BCUT2D eigenvalue weighted by atomic mass is 10.0. The van der Waals surface area contributed by atoms with Crippen LogP contribution < -0.4 is 10.1 Å². The summed E-state index contributed by atoms with van der Waals surface area (Å²) in [6.45, 7) is 4.75. The van der Waals surface area contributed by atoms with Crippen LogP contribution >= 0.6 is 0 Å². The molecule has 1 unspecified atom stereocenters. The van der Waals surface area contributed by atoms with Crippen molar-refractivity contribution in [2.75, 3.05) is 6.61 Å². The molecule has 0 fully saturated rings. The van der Waals surface area contributed by atoms with E-state index < -0.39 is 17.8 Å². The number of carbonyl (C=O) groups is 2. The van der Waals surface area contributed by atoms with Crippen molar-refractivity contribution in [1.82, 2.24) is 5.32 Å². The Kier molecular flexibility index (Phi) is 7.34. The summed E-state index contributed by atoms with van der Waals surface area (Å²) < 4.78 is 18.7. The van der Waals surface area contributed by atoms with E-state index in [-0.39, 0.29) is 18.7 Å². The van der Waals surface area contributed by atoms with Crippen molar-refractivity contribution < 1.29 is 23.8 Å². The van der Waals surface area contributed by atoms with Gasteiger partial charge in [0, 0.05) is 0 Å². The van der Waals surface area contributed by atoms with Crippen LogP contribution in [0.4, 0.5) is 4.39 Å². The van der Waals surface area contributed by atoms with Gasteiger partial charge in [-0.15, -0.1) is 0 Å². The molecule has 5 nitrogen and oxygen atoms in total. The maximum atomic E-state index is 13.1. The quantitative estimate of drug-likeness (QED) is 0.702. The Bertz CT molecular complexity index is 757. The molecule has 6 heteroatoms. The second-order valence-electron chi connectivity index (χ2n) is 6.80. The number of carbonyl (C=O) groups excluding carboxylic acids is 1. The monoisotopic (exact) mass is 373 g/mol. The van der Waals surface area contributed by atoms with Gasteiger partial charge in [-0.3, -0.25) is 9.59 Å². The van der Waals surface area contributed by atoms with E-state index in [4.69, 9.17) is 9.84 Å². The predicted octanol–water partition coefficient (Wildman–Crippen LogP) is 3.74. The van der Waals surface area contributed by atoms with Crippen LogP contribution in [0.15, 0.2) is 48.5 Å². The van der Waals surface area contributed by atoms with E-state index in [2.05, 4.69) is 19.2 Å². The van der Waals surface area contributed by atoms with Crippen LogP contribution in [0, 0.1) is 11.7 Å². The Labute approximate surface area is 158 Å². The average molecular weight is 373 g/mol. The van der Waals surface area contributed by atoms with Crippen LogP contribution in [0.1, 0.15) is 37.4 Å². The summed E-state index contributed by atoms with van der Waals surface area (Å²) >= 11 is 0. The Morgan fingerprint density at radius 3 is 2.26 bits per heavy atom. The van der Waals surface area contributed by atoms with Crippen LogP contribution in [0.25, 0.3) is 0 Å². The van der Waals surface area contributed by atoms with Gasteiger partial charge in [0.25, 0.3) is 0 Å². The molecule has 2 aromatic carbocycles. The van der Waals surface area contributed by atoms with Gasteiger partial charge in [0.15, 0.2) is 0 Å². The van der Waals surface area contributed by atoms with Gasteiger partial charge in [-0.2, -0.15) is 0 Å². The van der Waals surface area contributed by atoms with Crippen LogP contribution in [-0.4, -0.2) is 23.6 Å². The first-order valence-electron chi connectivity index (χ1n) is 8.82. The highest BCUT2D eigenvalue weighted by molar-refractivity contribution is 5.80. The van der Waals surface area contributed by atoms with Gasteiger partial charge in [-0.05, 0) is 41.3 Å². The highest BCUT2D eigenvalue weighted by atomic mass is 19.1. The highest BCUT2D eigenvalue weighted by Gasteiger charge is 2.18. The Morgan fingerprint density at radius 2 is 1.70 bits per heavy atom. The minimum Gasteiger partial charge on any atom is -0.493 e. The molecule has 0 saturated heterocycles. The van der Waals surface area contributed by atoms with Crippen LogP contribution in [0.5, 0.6) is 5.75 Å². The number of ether oxygens (including phenoxy) is 1. The van der Waals surface area contributed by atoms with Gasteiger partial charge in [0.05, 0.1) is 25.5 Å². The van der Waals surface area contributed by atoms with E-state index in [1.165, 1.54) is 24.3 Å². The summed E-state index contributed by atoms with van der Waals surface area (Å²) in [5.41, 5.74) is 1.34.